The van der Waals surface area contributed by atoms with E-state index in [-0.39, 0.29) is 11.8 Å². The molecule has 0 radical (unpaired) electrons. The van der Waals surface area contributed by atoms with Gasteiger partial charge in [0, 0.05) is 24.6 Å². The van der Waals surface area contributed by atoms with Gasteiger partial charge >= 0.3 is 0 Å². The Kier molecular flexibility index (Phi) is 5.63. The van der Waals surface area contributed by atoms with Crippen LogP contribution in [0.2, 0.25) is 0 Å². The SMILES string of the molecule is CCCC(CCC)C(=O)N1N=CCC1c1cc(F)cc(F)c1. The first-order valence-corrected chi connectivity index (χ1v) is 7.88. The lowest BCUT2D eigenvalue weighted by molar-refractivity contribution is -0.138. The van der Waals surface area contributed by atoms with E-state index in [0.717, 1.165) is 31.7 Å². The number of hydrogen-bond donors (Lipinski definition) is 0. The van der Waals surface area contributed by atoms with Gasteiger partial charge in [0.25, 0.3) is 0 Å². The lowest BCUT2D eigenvalue weighted by Crippen LogP contribution is -2.33. The molecule has 22 heavy (non-hydrogen) atoms. The first-order valence-electron chi connectivity index (χ1n) is 7.88. The Hall–Kier alpha value is -1.78. The summed E-state index contributed by atoms with van der Waals surface area (Å²) in [6.45, 7) is 4.09. The molecule has 0 N–H and O–H groups in total. The van der Waals surface area contributed by atoms with Crippen molar-refractivity contribution in [3.63, 3.8) is 0 Å². The molecular weight excluding hydrogens is 286 g/mol. The molecule has 0 bridgehead atoms. The topological polar surface area (TPSA) is 32.7 Å². The summed E-state index contributed by atoms with van der Waals surface area (Å²) in [6, 6.07) is 2.98. The minimum absolute atomic E-state index is 0.0490. The van der Waals surface area contributed by atoms with Gasteiger partial charge in [0.15, 0.2) is 0 Å². The average molecular weight is 308 g/mol. The Labute approximate surface area is 130 Å². The number of hydrogen-bond acceptors (Lipinski definition) is 2. The van der Waals surface area contributed by atoms with E-state index >= 15 is 0 Å². The van der Waals surface area contributed by atoms with Gasteiger partial charge in [-0.3, -0.25) is 4.79 Å². The Morgan fingerprint density at radius 1 is 1.23 bits per heavy atom. The smallest absolute Gasteiger partial charge is 0.246 e. The molecule has 0 spiro atoms. The zero-order valence-corrected chi connectivity index (χ0v) is 13.1. The van der Waals surface area contributed by atoms with Gasteiger partial charge in [0.1, 0.15) is 11.6 Å². The Balaban J connectivity index is 2.21. The summed E-state index contributed by atoms with van der Waals surface area (Å²) < 4.78 is 26.9. The highest BCUT2D eigenvalue weighted by Crippen LogP contribution is 2.32. The van der Waals surface area contributed by atoms with Crippen LogP contribution < -0.4 is 0 Å². The van der Waals surface area contributed by atoms with Gasteiger partial charge in [-0.15, -0.1) is 0 Å². The molecule has 0 fully saturated rings. The third-order valence-corrected chi connectivity index (χ3v) is 3.95. The summed E-state index contributed by atoms with van der Waals surface area (Å²) in [5.74, 6) is -1.39. The Bertz CT molecular complexity index is 533. The molecule has 3 nitrogen and oxygen atoms in total. The van der Waals surface area contributed by atoms with Crippen LogP contribution in [0.3, 0.4) is 0 Å². The predicted molar refractivity (Wildman–Crippen MR) is 82.4 cm³/mol. The molecule has 1 amide bonds. The summed E-state index contributed by atoms with van der Waals surface area (Å²) in [5, 5.41) is 5.56. The van der Waals surface area contributed by atoms with E-state index < -0.39 is 17.7 Å². The molecule has 1 atom stereocenters. The van der Waals surface area contributed by atoms with Gasteiger partial charge in [-0.2, -0.15) is 5.10 Å². The van der Waals surface area contributed by atoms with Crippen molar-refractivity contribution >= 4 is 12.1 Å². The predicted octanol–water partition coefficient (Wildman–Crippen LogP) is 4.44. The fraction of sp³-hybridized carbons (Fsp3) is 0.529. The largest absolute Gasteiger partial charge is 0.273 e. The van der Waals surface area contributed by atoms with Crippen LogP contribution in [0.1, 0.15) is 57.6 Å². The summed E-state index contributed by atoms with van der Waals surface area (Å²) in [5.41, 5.74) is 0.454. The van der Waals surface area contributed by atoms with E-state index in [0.29, 0.717) is 12.0 Å². The molecule has 0 saturated carbocycles. The molecule has 1 unspecified atom stereocenters. The zero-order valence-electron chi connectivity index (χ0n) is 13.1. The minimum atomic E-state index is -0.632. The van der Waals surface area contributed by atoms with Gasteiger partial charge in [0.05, 0.1) is 6.04 Å². The minimum Gasteiger partial charge on any atom is -0.273 e. The fourth-order valence-electron chi connectivity index (χ4n) is 2.95. The van der Waals surface area contributed by atoms with Gasteiger partial charge in [-0.25, -0.2) is 13.8 Å². The monoisotopic (exact) mass is 308 g/mol. The van der Waals surface area contributed by atoms with Crippen molar-refractivity contribution in [1.82, 2.24) is 5.01 Å². The van der Waals surface area contributed by atoms with Crippen LogP contribution in [-0.4, -0.2) is 17.1 Å². The molecule has 1 aliphatic heterocycles. The van der Waals surface area contributed by atoms with Crippen LogP contribution in [0, 0.1) is 17.6 Å². The van der Waals surface area contributed by atoms with E-state index in [9.17, 15) is 13.6 Å². The highest BCUT2D eigenvalue weighted by atomic mass is 19.1. The summed E-state index contributed by atoms with van der Waals surface area (Å²) in [4.78, 5) is 12.7. The second-order valence-electron chi connectivity index (χ2n) is 5.71. The normalized spacial score (nSPS) is 17.5. The summed E-state index contributed by atoms with van der Waals surface area (Å²) >= 11 is 0. The molecular formula is C17H22F2N2O. The summed E-state index contributed by atoms with van der Waals surface area (Å²) in [7, 11) is 0. The van der Waals surface area contributed by atoms with Gasteiger partial charge in [-0.05, 0) is 30.5 Å². The molecule has 1 heterocycles. The molecule has 1 aromatic rings. The first-order chi connectivity index (χ1) is 10.6. The quantitative estimate of drug-likeness (QED) is 0.764. The molecule has 120 valence electrons. The molecule has 0 aliphatic carbocycles. The lowest BCUT2D eigenvalue weighted by atomic mass is 9.95. The van der Waals surface area contributed by atoms with Crippen molar-refractivity contribution in [2.24, 2.45) is 11.0 Å². The number of nitrogens with zero attached hydrogens (tertiary/aromatic N) is 2. The van der Waals surface area contributed by atoms with E-state index in [2.05, 4.69) is 5.10 Å². The Morgan fingerprint density at radius 2 is 1.82 bits per heavy atom. The molecule has 0 saturated heterocycles. The zero-order chi connectivity index (χ0) is 16.1. The second kappa shape index (κ2) is 7.47. The highest BCUT2D eigenvalue weighted by molar-refractivity contribution is 5.82. The average Bonchev–Trinajstić information content (AvgIpc) is 2.94. The number of benzene rings is 1. The third kappa shape index (κ3) is 3.70. The highest BCUT2D eigenvalue weighted by Gasteiger charge is 2.32. The molecule has 2 rings (SSSR count). The number of amides is 1. The van der Waals surface area contributed by atoms with Crippen LogP contribution in [0.5, 0.6) is 0 Å². The lowest BCUT2D eigenvalue weighted by Gasteiger charge is -2.26. The summed E-state index contributed by atoms with van der Waals surface area (Å²) in [6.07, 6.45) is 5.59. The van der Waals surface area contributed by atoms with Crippen LogP contribution in [0.25, 0.3) is 0 Å². The Morgan fingerprint density at radius 3 is 2.36 bits per heavy atom. The maximum absolute atomic E-state index is 13.4. The number of rotatable bonds is 6. The van der Waals surface area contributed by atoms with Crippen LogP contribution in [0.4, 0.5) is 8.78 Å². The number of halogens is 2. The number of hydrazone groups is 1. The molecule has 1 aliphatic rings. The van der Waals surface area contributed by atoms with Crippen molar-refractivity contribution < 1.29 is 13.6 Å². The number of carbonyl (C=O) groups is 1. The van der Waals surface area contributed by atoms with Crippen LogP contribution in [-0.2, 0) is 4.79 Å². The van der Waals surface area contributed by atoms with Gasteiger partial charge < -0.3 is 0 Å². The molecule has 1 aromatic carbocycles. The number of carbonyl (C=O) groups excluding carboxylic acids is 1. The van der Waals surface area contributed by atoms with Gasteiger partial charge in [0.2, 0.25) is 5.91 Å². The van der Waals surface area contributed by atoms with Crippen LogP contribution >= 0.6 is 0 Å². The maximum Gasteiger partial charge on any atom is 0.246 e. The van der Waals surface area contributed by atoms with Gasteiger partial charge in [-0.1, -0.05) is 26.7 Å². The second-order valence-corrected chi connectivity index (χ2v) is 5.71. The molecule has 0 aromatic heterocycles. The molecule has 5 heteroatoms. The van der Waals surface area contributed by atoms with E-state index in [4.69, 9.17) is 0 Å². The standard InChI is InChI=1S/C17H22F2N2O/c1-3-5-12(6-4-2)17(22)21-16(7-8-20-21)13-9-14(18)11-15(19)10-13/h8-12,16H,3-7H2,1-2H3. The first kappa shape index (κ1) is 16.6. The van der Waals surface area contributed by atoms with Crippen molar-refractivity contribution in [2.75, 3.05) is 0 Å². The van der Waals surface area contributed by atoms with E-state index in [1.807, 2.05) is 13.8 Å². The van der Waals surface area contributed by atoms with Crippen molar-refractivity contribution in [3.05, 3.63) is 35.4 Å². The van der Waals surface area contributed by atoms with Crippen molar-refractivity contribution in [2.45, 2.75) is 52.0 Å². The third-order valence-electron chi connectivity index (χ3n) is 3.95. The fourth-order valence-corrected chi connectivity index (χ4v) is 2.95. The maximum atomic E-state index is 13.4. The van der Waals surface area contributed by atoms with E-state index in [1.165, 1.54) is 17.1 Å². The van der Waals surface area contributed by atoms with E-state index in [1.54, 1.807) is 6.21 Å². The van der Waals surface area contributed by atoms with Crippen molar-refractivity contribution in [3.8, 4) is 0 Å². The van der Waals surface area contributed by atoms with Crippen molar-refractivity contribution in [1.29, 1.82) is 0 Å². The van der Waals surface area contributed by atoms with Crippen LogP contribution in [0.15, 0.2) is 23.3 Å².